The maximum absolute atomic E-state index is 12.3. The average Bonchev–Trinajstić information content (AvgIpc) is 3.02. The van der Waals surface area contributed by atoms with Crippen LogP contribution in [0.4, 0.5) is 9.93 Å². The monoisotopic (exact) mass is 353 g/mol. The lowest BCUT2D eigenvalue weighted by Gasteiger charge is -2.37. The number of anilines is 1. The van der Waals surface area contributed by atoms with E-state index in [9.17, 15) is 4.79 Å². The molecule has 2 aliphatic heterocycles. The Hall–Kier alpha value is -1.41. The number of piperazine rings is 1. The Morgan fingerprint density at radius 2 is 1.79 bits per heavy atom. The van der Waals surface area contributed by atoms with Gasteiger partial charge in [-0.15, -0.1) is 10.2 Å². The van der Waals surface area contributed by atoms with E-state index in [1.807, 2.05) is 11.8 Å². The number of rotatable bonds is 3. The molecule has 0 atom stereocenters. The predicted octanol–water partition coefficient (Wildman–Crippen LogP) is 1.98. The zero-order valence-electron chi connectivity index (χ0n) is 14.8. The summed E-state index contributed by atoms with van der Waals surface area (Å²) in [6, 6.07) is 0.538. The van der Waals surface area contributed by atoms with Gasteiger partial charge < -0.3 is 14.5 Å². The second kappa shape index (κ2) is 7.65. The summed E-state index contributed by atoms with van der Waals surface area (Å²) in [7, 11) is 0. The van der Waals surface area contributed by atoms with Crippen LogP contribution in [0.3, 0.4) is 0 Å². The largest absolute Gasteiger partial charge is 0.446 e. The van der Waals surface area contributed by atoms with E-state index in [2.05, 4.69) is 33.8 Å². The van der Waals surface area contributed by atoms with Gasteiger partial charge in [0.15, 0.2) is 0 Å². The van der Waals surface area contributed by atoms with Gasteiger partial charge in [0, 0.05) is 58.2 Å². The smallest absolute Gasteiger partial charge is 0.410 e. The molecule has 1 aromatic rings. The summed E-state index contributed by atoms with van der Waals surface area (Å²) in [4.78, 5) is 18.8. The molecular formula is C16H27N5O2S. The number of hydrogen-bond donors (Lipinski definition) is 0. The lowest BCUT2D eigenvalue weighted by atomic mass is 10.1. The Morgan fingerprint density at radius 1 is 1.12 bits per heavy atom. The molecule has 0 spiro atoms. The minimum absolute atomic E-state index is 0.0193. The van der Waals surface area contributed by atoms with Crippen molar-refractivity contribution in [3.05, 3.63) is 5.01 Å². The minimum Gasteiger partial charge on any atom is -0.446 e. The molecule has 1 aromatic heterocycles. The Balaban J connectivity index is 1.42. The van der Waals surface area contributed by atoms with Crippen molar-refractivity contribution in [2.45, 2.75) is 45.8 Å². The topological polar surface area (TPSA) is 61.8 Å². The van der Waals surface area contributed by atoms with Crippen molar-refractivity contribution < 1.29 is 9.53 Å². The van der Waals surface area contributed by atoms with E-state index in [-0.39, 0.29) is 12.2 Å². The highest BCUT2D eigenvalue weighted by molar-refractivity contribution is 7.15. The number of ether oxygens (including phenoxy) is 1. The van der Waals surface area contributed by atoms with Gasteiger partial charge in [-0.1, -0.05) is 11.3 Å². The van der Waals surface area contributed by atoms with Gasteiger partial charge >= 0.3 is 6.09 Å². The molecule has 2 fully saturated rings. The van der Waals surface area contributed by atoms with Gasteiger partial charge in [0.25, 0.3) is 0 Å². The van der Waals surface area contributed by atoms with Crippen molar-refractivity contribution in [3.63, 3.8) is 0 Å². The van der Waals surface area contributed by atoms with E-state index in [1.165, 1.54) is 0 Å². The number of nitrogens with zero attached hydrogens (tertiary/aromatic N) is 5. The van der Waals surface area contributed by atoms with E-state index in [4.69, 9.17) is 4.74 Å². The van der Waals surface area contributed by atoms with E-state index in [0.29, 0.717) is 6.04 Å². The molecule has 24 heavy (non-hydrogen) atoms. The van der Waals surface area contributed by atoms with Crippen LogP contribution >= 0.6 is 11.3 Å². The minimum atomic E-state index is -0.149. The number of hydrogen-bond acceptors (Lipinski definition) is 7. The SMILES string of the molecule is Cc1nnc(N2CCC(OC(=O)N3CCN(C(C)C)CC3)CC2)s1. The molecule has 0 bridgehead atoms. The molecule has 3 heterocycles. The third-order valence-corrected chi connectivity index (χ3v) is 5.70. The lowest BCUT2D eigenvalue weighted by molar-refractivity contribution is 0.0338. The molecular weight excluding hydrogens is 326 g/mol. The molecule has 2 aliphatic rings. The highest BCUT2D eigenvalue weighted by Gasteiger charge is 2.28. The molecule has 0 unspecified atom stereocenters. The van der Waals surface area contributed by atoms with Crippen molar-refractivity contribution in [3.8, 4) is 0 Å². The van der Waals surface area contributed by atoms with Gasteiger partial charge in [-0.25, -0.2) is 4.79 Å². The number of carbonyl (C=O) groups excluding carboxylic acids is 1. The summed E-state index contributed by atoms with van der Waals surface area (Å²) in [5.41, 5.74) is 0. The molecule has 0 radical (unpaired) electrons. The Morgan fingerprint density at radius 3 is 2.33 bits per heavy atom. The summed E-state index contributed by atoms with van der Waals surface area (Å²) >= 11 is 1.62. The van der Waals surface area contributed by atoms with Crippen LogP contribution in [-0.2, 0) is 4.74 Å². The van der Waals surface area contributed by atoms with Gasteiger partial charge in [0.05, 0.1) is 0 Å². The van der Waals surface area contributed by atoms with Crippen LogP contribution in [0.2, 0.25) is 0 Å². The number of carbonyl (C=O) groups is 1. The van der Waals surface area contributed by atoms with Crippen LogP contribution in [0.5, 0.6) is 0 Å². The van der Waals surface area contributed by atoms with Crippen molar-refractivity contribution in [1.29, 1.82) is 0 Å². The van der Waals surface area contributed by atoms with Crippen LogP contribution in [-0.4, -0.2) is 77.5 Å². The zero-order chi connectivity index (χ0) is 17.1. The first-order valence-electron chi connectivity index (χ1n) is 8.77. The molecule has 0 N–H and O–H groups in total. The number of aromatic nitrogens is 2. The lowest BCUT2D eigenvalue weighted by Crippen LogP contribution is -2.51. The molecule has 0 saturated carbocycles. The van der Waals surface area contributed by atoms with Crippen LogP contribution < -0.4 is 4.90 Å². The van der Waals surface area contributed by atoms with Crippen LogP contribution in [0.25, 0.3) is 0 Å². The Kier molecular flexibility index (Phi) is 5.55. The summed E-state index contributed by atoms with van der Waals surface area (Å²) in [5, 5.41) is 10.2. The van der Waals surface area contributed by atoms with E-state index < -0.39 is 0 Å². The normalized spacial score (nSPS) is 20.7. The molecule has 3 rings (SSSR count). The van der Waals surface area contributed by atoms with Crippen molar-refractivity contribution in [2.24, 2.45) is 0 Å². The second-order valence-corrected chi connectivity index (χ2v) is 7.95. The standard InChI is InChI=1S/C16H27N5O2S/c1-12(2)19-8-10-21(11-9-19)16(22)23-14-4-6-20(7-5-14)15-18-17-13(3)24-15/h12,14H,4-11H2,1-3H3. The highest BCUT2D eigenvalue weighted by Crippen LogP contribution is 2.24. The van der Waals surface area contributed by atoms with Crippen molar-refractivity contribution in [1.82, 2.24) is 20.0 Å². The fourth-order valence-corrected chi connectivity index (χ4v) is 3.96. The Labute approximate surface area is 147 Å². The molecule has 1 amide bonds. The molecule has 0 aromatic carbocycles. The fourth-order valence-electron chi connectivity index (χ4n) is 3.22. The number of piperidine rings is 1. The maximum atomic E-state index is 12.3. The van der Waals surface area contributed by atoms with Crippen molar-refractivity contribution >= 4 is 22.6 Å². The Bertz CT molecular complexity index is 548. The first-order valence-corrected chi connectivity index (χ1v) is 9.59. The van der Waals surface area contributed by atoms with Gasteiger partial charge in [-0.05, 0) is 20.8 Å². The van der Waals surface area contributed by atoms with Gasteiger partial charge in [0.2, 0.25) is 5.13 Å². The third kappa shape index (κ3) is 4.16. The van der Waals surface area contributed by atoms with Crippen LogP contribution in [0.1, 0.15) is 31.7 Å². The maximum Gasteiger partial charge on any atom is 0.410 e. The molecule has 134 valence electrons. The average molecular weight is 353 g/mol. The quantitative estimate of drug-likeness (QED) is 0.828. The molecule has 2 saturated heterocycles. The van der Waals surface area contributed by atoms with Gasteiger partial charge in [-0.3, -0.25) is 4.90 Å². The molecule has 8 heteroatoms. The highest BCUT2D eigenvalue weighted by atomic mass is 32.1. The van der Waals surface area contributed by atoms with E-state index in [1.54, 1.807) is 11.3 Å². The van der Waals surface area contributed by atoms with E-state index in [0.717, 1.165) is 62.2 Å². The second-order valence-electron chi connectivity index (χ2n) is 6.79. The number of aryl methyl sites for hydroxylation is 1. The molecule has 7 nitrogen and oxygen atoms in total. The zero-order valence-corrected chi connectivity index (χ0v) is 15.6. The first kappa shape index (κ1) is 17.4. The summed E-state index contributed by atoms with van der Waals surface area (Å²) in [6.07, 6.45) is 1.58. The molecule has 0 aliphatic carbocycles. The number of amides is 1. The van der Waals surface area contributed by atoms with Crippen LogP contribution in [0, 0.1) is 6.92 Å². The summed E-state index contributed by atoms with van der Waals surface area (Å²) in [6.45, 7) is 11.5. The summed E-state index contributed by atoms with van der Waals surface area (Å²) in [5.74, 6) is 0. The third-order valence-electron chi connectivity index (χ3n) is 4.80. The van der Waals surface area contributed by atoms with Gasteiger partial charge in [-0.2, -0.15) is 0 Å². The van der Waals surface area contributed by atoms with Gasteiger partial charge in [0.1, 0.15) is 11.1 Å². The van der Waals surface area contributed by atoms with E-state index >= 15 is 0 Å². The summed E-state index contributed by atoms with van der Waals surface area (Å²) < 4.78 is 5.73. The first-order chi connectivity index (χ1) is 11.5. The predicted molar refractivity (Wildman–Crippen MR) is 94.6 cm³/mol. The fraction of sp³-hybridized carbons (Fsp3) is 0.812. The van der Waals surface area contributed by atoms with Crippen molar-refractivity contribution in [2.75, 3.05) is 44.2 Å². The van der Waals surface area contributed by atoms with Crippen LogP contribution in [0.15, 0.2) is 0 Å².